The van der Waals surface area contributed by atoms with Crippen LogP contribution in [0, 0.1) is 6.92 Å². The van der Waals surface area contributed by atoms with Gasteiger partial charge in [0.25, 0.3) is 0 Å². The second kappa shape index (κ2) is 7.74. The van der Waals surface area contributed by atoms with E-state index in [4.69, 9.17) is 23.1 Å². The lowest BCUT2D eigenvalue weighted by Gasteiger charge is -2.22. The summed E-state index contributed by atoms with van der Waals surface area (Å²) in [6, 6.07) is 7.51. The third-order valence-corrected chi connectivity index (χ3v) is 5.00. The van der Waals surface area contributed by atoms with Gasteiger partial charge in [0.05, 0.1) is 23.3 Å². The Morgan fingerprint density at radius 1 is 1.39 bits per heavy atom. The molecule has 144 valence electrons. The summed E-state index contributed by atoms with van der Waals surface area (Å²) >= 11 is 6.39. The van der Waals surface area contributed by atoms with Gasteiger partial charge in [-0.25, -0.2) is 0 Å². The summed E-state index contributed by atoms with van der Waals surface area (Å²) in [5.41, 5.74) is 16.3. The van der Waals surface area contributed by atoms with Gasteiger partial charge in [-0.05, 0) is 47.4 Å². The number of carbonyl (C=O) groups is 2. The van der Waals surface area contributed by atoms with Crippen molar-refractivity contribution in [2.45, 2.75) is 13.5 Å². The molecule has 0 atom stereocenters. The summed E-state index contributed by atoms with van der Waals surface area (Å²) in [6.07, 6.45) is 2.36. The molecule has 0 radical (unpaired) electrons. The predicted molar refractivity (Wildman–Crippen MR) is 110 cm³/mol. The first-order valence-corrected chi connectivity index (χ1v) is 8.87. The summed E-state index contributed by atoms with van der Waals surface area (Å²) in [7, 11) is 0. The summed E-state index contributed by atoms with van der Waals surface area (Å²) in [5, 5.41) is 8.30. The monoisotopic (exact) mass is 397 g/mol. The second-order valence-corrected chi connectivity index (χ2v) is 6.98. The molecular weight excluding hydrogens is 378 g/mol. The topological polar surface area (TPSA) is 118 Å². The number of nitrogens with zero attached hydrogens (tertiary/aromatic N) is 2. The number of amides is 2. The summed E-state index contributed by atoms with van der Waals surface area (Å²) < 4.78 is 0. The van der Waals surface area contributed by atoms with E-state index in [1.807, 2.05) is 31.2 Å². The standard InChI is InChI=1S/C20H20ClN5O2/c1-11(20(23)28)8-26(10-27)9-16-12(2)18(22)4-3-15(16)13-5-14-7-24-25-19(14)17(21)6-13/h3-7,10H,1,8-9,22H2,2H3,(H2,23,28)(H,24,25). The van der Waals surface area contributed by atoms with E-state index in [9.17, 15) is 9.59 Å². The molecular formula is C20H20ClN5O2. The van der Waals surface area contributed by atoms with Crippen LogP contribution in [0.1, 0.15) is 11.1 Å². The van der Waals surface area contributed by atoms with Crippen LogP contribution in [0.25, 0.3) is 22.0 Å². The SMILES string of the molecule is C=C(CN(C=O)Cc1c(-c2cc(Cl)c3[nH]ncc3c2)ccc(N)c1C)C(N)=O. The zero-order valence-corrected chi connectivity index (χ0v) is 16.1. The fraction of sp³-hybridized carbons (Fsp3) is 0.150. The van der Waals surface area contributed by atoms with E-state index in [-0.39, 0.29) is 18.7 Å². The second-order valence-electron chi connectivity index (χ2n) is 6.58. The highest BCUT2D eigenvalue weighted by molar-refractivity contribution is 6.35. The van der Waals surface area contributed by atoms with Crippen molar-refractivity contribution >= 4 is 40.5 Å². The lowest BCUT2D eigenvalue weighted by atomic mass is 9.93. The van der Waals surface area contributed by atoms with Crippen LogP contribution in [0.2, 0.25) is 5.02 Å². The van der Waals surface area contributed by atoms with E-state index in [2.05, 4.69) is 16.8 Å². The largest absolute Gasteiger partial charge is 0.399 e. The van der Waals surface area contributed by atoms with Gasteiger partial charge in [-0.2, -0.15) is 5.10 Å². The minimum absolute atomic E-state index is 0.0357. The molecule has 5 N–H and O–H groups in total. The minimum atomic E-state index is -0.645. The molecule has 3 rings (SSSR count). The van der Waals surface area contributed by atoms with Crippen LogP contribution in [0.4, 0.5) is 5.69 Å². The molecule has 2 aromatic carbocycles. The van der Waals surface area contributed by atoms with Gasteiger partial charge in [0.1, 0.15) is 0 Å². The number of hydrogen-bond donors (Lipinski definition) is 3. The number of nitrogens with two attached hydrogens (primary N) is 2. The Morgan fingerprint density at radius 3 is 2.82 bits per heavy atom. The number of carbonyl (C=O) groups excluding carboxylic acids is 2. The number of aromatic amines is 1. The zero-order valence-electron chi connectivity index (χ0n) is 15.3. The van der Waals surface area contributed by atoms with Gasteiger partial charge in [0, 0.05) is 23.2 Å². The lowest BCUT2D eigenvalue weighted by molar-refractivity contribution is -0.118. The molecule has 0 aliphatic carbocycles. The average molecular weight is 398 g/mol. The molecule has 3 aromatic rings. The predicted octanol–water partition coefficient (Wildman–Crippen LogP) is 2.77. The van der Waals surface area contributed by atoms with Crippen molar-refractivity contribution in [3.8, 4) is 11.1 Å². The van der Waals surface area contributed by atoms with Gasteiger partial charge in [-0.3, -0.25) is 14.7 Å². The Balaban J connectivity index is 2.07. The van der Waals surface area contributed by atoms with Crippen molar-refractivity contribution in [1.82, 2.24) is 15.1 Å². The molecule has 0 fully saturated rings. The van der Waals surface area contributed by atoms with Crippen LogP contribution >= 0.6 is 11.6 Å². The summed E-state index contributed by atoms with van der Waals surface area (Å²) in [5.74, 6) is -0.645. The first-order chi connectivity index (χ1) is 13.3. The molecule has 1 aromatic heterocycles. The Kier molecular flexibility index (Phi) is 5.37. The number of primary amides is 1. The van der Waals surface area contributed by atoms with Crippen LogP contribution in [-0.2, 0) is 16.1 Å². The molecule has 2 amide bonds. The number of fused-ring (bicyclic) bond motifs is 1. The molecule has 7 nitrogen and oxygen atoms in total. The number of nitrogen functional groups attached to an aromatic ring is 1. The van der Waals surface area contributed by atoms with Gasteiger partial charge in [0.2, 0.25) is 12.3 Å². The molecule has 0 unspecified atom stereocenters. The average Bonchev–Trinajstić information content (AvgIpc) is 3.13. The zero-order chi connectivity index (χ0) is 20.4. The molecule has 0 bridgehead atoms. The van der Waals surface area contributed by atoms with E-state index in [1.165, 1.54) is 4.90 Å². The molecule has 0 aliphatic rings. The first-order valence-electron chi connectivity index (χ1n) is 8.49. The van der Waals surface area contributed by atoms with Gasteiger partial charge in [-0.15, -0.1) is 0 Å². The third-order valence-electron chi connectivity index (χ3n) is 4.70. The number of hydrogen-bond acceptors (Lipinski definition) is 4. The van der Waals surface area contributed by atoms with Gasteiger partial charge >= 0.3 is 0 Å². The van der Waals surface area contributed by atoms with E-state index < -0.39 is 5.91 Å². The first kappa shape index (κ1) is 19.4. The summed E-state index contributed by atoms with van der Waals surface area (Å²) in [6.45, 7) is 5.78. The minimum Gasteiger partial charge on any atom is -0.399 e. The molecule has 0 aliphatic heterocycles. The van der Waals surface area contributed by atoms with Crippen LogP contribution in [0.15, 0.2) is 42.6 Å². The fourth-order valence-electron chi connectivity index (χ4n) is 3.08. The number of nitrogens with one attached hydrogen (secondary N) is 1. The number of rotatable bonds is 7. The third kappa shape index (κ3) is 3.70. The molecule has 0 spiro atoms. The molecule has 1 heterocycles. The molecule has 0 saturated carbocycles. The molecule has 0 saturated heterocycles. The highest BCUT2D eigenvalue weighted by Crippen LogP contribution is 2.34. The van der Waals surface area contributed by atoms with Gasteiger partial charge < -0.3 is 16.4 Å². The van der Waals surface area contributed by atoms with Crippen LogP contribution in [0.3, 0.4) is 0 Å². The molecule has 8 heteroatoms. The maximum atomic E-state index is 11.6. The quantitative estimate of drug-likeness (QED) is 0.322. The number of benzene rings is 2. The maximum Gasteiger partial charge on any atom is 0.245 e. The van der Waals surface area contributed by atoms with E-state index in [1.54, 1.807) is 6.20 Å². The normalized spacial score (nSPS) is 10.8. The molecule has 28 heavy (non-hydrogen) atoms. The van der Waals surface area contributed by atoms with Crippen molar-refractivity contribution in [3.63, 3.8) is 0 Å². The number of halogens is 1. The lowest BCUT2D eigenvalue weighted by Crippen LogP contribution is -2.29. The van der Waals surface area contributed by atoms with Crippen molar-refractivity contribution in [1.29, 1.82) is 0 Å². The van der Waals surface area contributed by atoms with Crippen molar-refractivity contribution < 1.29 is 9.59 Å². The number of H-pyrrole nitrogens is 1. The number of aromatic nitrogens is 2. The van der Waals surface area contributed by atoms with Crippen LogP contribution in [0.5, 0.6) is 0 Å². The van der Waals surface area contributed by atoms with E-state index in [0.717, 1.165) is 33.2 Å². The van der Waals surface area contributed by atoms with Crippen molar-refractivity contribution in [2.24, 2.45) is 5.73 Å². The fourth-order valence-corrected chi connectivity index (χ4v) is 3.34. The smallest absolute Gasteiger partial charge is 0.245 e. The summed E-state index contributed by atoms with van der Waals surface area (Å²) in [4.78, 5) is 24.3. The van der Waals surface area contributed by atoms with Gasteiger partial charge in [-0.1, -0.05) is 24.2 Å². The van der Waals surface area contributed by atoms with E-state index in [0.29, 0.717) is 17.1 Å². The van der Waals surface area contributed by atoms with Crippen molar-refractivity contribution in [3.05, 3.63) is 58.8 Å². The van der Waals surface area contributed by atoms with E-state index >= 15 is 0 Å². The Bertz CT molecular complexity index is 1090. The highest BCUT2D eigenvalue weighted by atomic mass is 35.5. The van der Waals surface area contributed by atoms with Crippen LogP contribution < -0.4 is 11.5 Å². The Morgan fingerprint density at radius 2 is 2.14 bits per heavy atom. The Hall–Kier alpha value is -3.32. The maximum absolute atomic E-state index is 11.6. The Labute approximate surface area is 166 Å². The van der Waals surface area contributed by atoms with Crippen LogP contribution in [-0.4, -0.2) is 34.0 Å². The van der Waals surface area contributed by atoms with Crippen molar-refractivity contribution in [2.75, 3.05) is 12.3 Å². The van der Waals surface area contributed by atoms with Gasteiger partial charge in [0.15, 0.2) is 0 Å². The highest BCUT2D eigenvalue weighted by Gasteiger charge is 2.17. The number of anilines is 1.